The van der Waals surface area contributed by atoms with Crippen LogP contribution in [0.5, 0.6) is 5.75 Å². The molecule has 0 atom stereocenters. The highest BCUT2D eigenvalue weighted by atomic mass is 32.2. The van der Waals surface area contributed by atoms with E-state index >= 15 is 0 Å². The van der Waals surface area contributed by atoms with Crippen LogP contribution in [0, 0.1) is 5.92 Å². The maximum absolute atomic E-state index is 12.1. The monoisotopic (exact) mass is 394 g/mol. The van der Waals surface area contributed by atoms with Crippen LogP contribution in [0.1, 0.15) is 78.5 Å². The molecular formula is C23H38O3S. The van der Waals surface area contributed by atoms with Gasteiger partial charge in [-0.15, -0.1) is 0 Å². The smallest absolute Gasteiger partial charge is 0.306 e. The molecule has 0 saturated heterocycles. The molecule has 0 aromatic heterocycles. The van der Waals surface area contributed by atoms with Crippen molar-refractivity contribution in [1.82, 2.24) is 0 Å². The Morgan fingerprint density at radius 1 is 1.07 bits per heavy atom. The van der Waals surface area contributed by atoms with Crippen LogP contribution in [0.15, 0.2) is 12.1 Å². The summed E-state index contributed by atoms with van der Waals surface area (Å²) in [6, 6.07) is 4.08. The number of esters is 1. The number of hydrogen-bond donors (Lipinski definition) is 1. The highest BCUT2D eigenvalue weighted by Gasteiger charge is 2.26. The molecule has 0 radical (unpaired) electrons. The van der Waals surface area contributed by atoms with E-state index in [1.807, 2.05) is 23.9 Å². The molecule has 1 aromatic rings. The number of ether oxygens (including phenoxy) is 1. The third kappa shape index (κ3) is 8.16. The predicted octanol–water partition coefficient (Wildman–Crippen LogP) is 5.85. The van der Waals surface area contributed by atoms with Gasteiger partial charge in [0.05, 0.1) is 0 Å². The molecule has 0 fully saturated rings. The zero-order valence-corrected chi connectivity index (χ0v) is 19.3. The number of phenolic OH excluding ortho intramolecular Hbond substituents is 1. The van der Waals surface area contributed by atoms with Gasteiger partial charge in [-0.25, -0.2) is 0 Å². The molecule has 27 heavy (non-hydrogen) atoms. The molecule has 0 unspecified atom stereocenters. The summed E-state index contributed by atoms with van der Waals surface area (Å²) in [5, 5.41) is 10.8. The summed E-state index contributed by atoms with van der Waals surface area (Å²) >= 11 is 1.82. The summed E-state index contributed by atoms with van der Waals surface area (Å²) in [5.41, 5.74) is 2.63. The van der Waals surface area contributed by atoms with Gasteiger partial charge in [-0.1, -0.05) is 67.5 Å². The minimum absolute atomic E-state index is 0.150. The van der Waals surface area contributed by atoms with Gasteiger partial charge in [-0.2, -0.15) is 11.8 Å². The van der Waals surface area contributed by atoms with Crippen molar-refractivity contribution in [3.8, 4) is 5.75 Å². The summed E-state index contributed by atoms with van der Waals surface area (Å²) in [5.74, 6) is 2.84. The Morgan fingerprint density at radius 2 is 1.59 bits per heavy atom. The first kappa shape index (κ1) is 23.9. The minimum atomic E-state index is -0.158. The van der Waals surface area contributed by atoms with Gasteiger partial charge < -0.3 is 9.84 Å². The lowest BCUT2D eigenvalue weighted by molar-refractivity contribution is -0.142. The molecule has 0 heterocycles. The van der Waals surface area contributed by atoms with Crippen molar-refractivity contribution in [3.63, 3.8) is 0 Å². The van der Waals surface area contributed by atoms with Crippen molar-refractivity contribution >= 4 is 17.7 Å². The maximum Gasteiger partial charge on any atom is 0.306 e. The van der Waals surface area contributed by atoms with Crippen LogP contribution in [0.25, 0.3) is 0 Å². The highest BCUT2D eigenvalue weighted by Crippen LogP contribution is 2.39. The number of carbonyl (C=O) groups excluding carboxylic acids is 1. The number of rotatable bonds is 8. The number of aryl methyl sites for hydroxylation is 1. The Labute approximate surface area is 170 Å². The van der Waals surface area contributed by atoms with Crippen LogP contribution >= 0.6 is 11.8 Å². The van der Waals surface area contributed by atoms with Gasteiger partial charge >= 0.3 is 5.97 Å². The number of benzene rings is 1. The summed E-state index contributed by atoms with van der Waals surface area (Å²) in [6.45, 7) is 17.4. The highest BCUT2D eigenvalue weighted by molar-refractivity contribution is 7.99. The second-order valence-corrected chi connectivity index (χ2v) is 10.9. The molecule has 0 amide bonds. The Kier molecular flexibility index (Phi) is 8.72. The average molecular weight is 395 g/mol. The molecule has 154 valence electrons. The summed E-state index contributed by atoms with van der Waals surface area (Å²) in [7, 11) is 0. The van der Waals surface area contributed by atoms with Crippen LogP contribution in [0.2, 0.25) is 0 Å². The summed E-state index contributed by atoms with van der Waals surface area (Å²) in [4.78, 5) is 12.1. The van der Waals surface area contributed by atoms with Gasteiger partial charge in [0.2, 0.25) is 0 Å². The van der Waals surface area contributed by atoms with Crippen molar-refractivity contribution in [2.75, 3.05) is 18.1 Å². The molecule has 1 aromatic carbocycles. The Balaban J connectivity index is 2.76. The lowest BCUT2D eigenvalue weighted by Crippen LogP contribution is -2.18. The van der Waals surface area contributed by atoms with E-state index in [1.165, 1.54) is 0 Å². The number of aromatic hydroxyl groups is 1. The molecular weight excluding hydrogens is 356 g/mol. The largest absolute Gasteiger partial charge is 0.507 e. The zero-order chi connectivity index (χ0) is 20.8. The van der Waals surface area contributed by atoms with Gasteiger partial charge in [0.15, 0.2) is 0 Å². The first-order valence-corrected chi connectivity index (χ1v) is 11.1. The normalized spacial score (nSPS) is 12.5. The number of carbonyl (C=O) groups is 1. The quantitative estimate of drug-likeness (QED) is 0.443. The molecule has 0 spiro atoms. The third-order valence-electron chi connectivity index (χ3n) is 4.35. The van der Waals surface area contributed by atoms with Gasteiger partial charge in [-0.05, 0) is 45.6 Å². The van der Waals surface area contributed by atoms with Crippen molar-refractivity contribution in [2.24, 2.45) is 5.92 Å². The van der Waals surface area contributed by atoms with Crippen molar-refractivity contribution in [2.45, 2.75) is 79.1 Å². The number of hydrogen-bond acceptors (Lipinski definition) is 4. The maximum atomic E-state index is 12.1. The first-order chi connectivity index (χ1) is 12.3. The van der Waals surface area contributed by atoms with E-state index < -0.39 is 0 Å². The Bertz CT molecular complexity index is 586. The fourth-order valence-electron chi connectivity index (χ4n) is 2.83. The van der Waals surface area contributed by atoms with E-state index in [9.17, 15) is 9.90 Å². The van der Waals surface area contributed by atoms with Crippen molar-refractivity contribution in [3.05, 3.63) is 28.8 Å². The molecule has 0 aliphatic rings. The second-order valence-electron chi connectivity index (χ2n) is 9.73. The molecule has 0 saturated carbocycles. The lowest BCUT2D eigenvalue weighted by atomic mass is 9.78. The topological polar surface area (TPSA) is 46.5 Å². The van der Waals surface area contributed by atoms with Crippen LogP contribution in [0.4, 0.5) is 0 Å². The first-order valence-electron chi connectivity index (χ1n) is 9.92. The van der Waals surface area contributed by atoms with Crippen molar-refractivity contribution in [1.29, 1.82) is 0 Å². The van der Waals surface area contributed by atoms with E-state index in [1.54, 1.807) is 0 Å². The van der Waals surface area contributed by atoms with Gasteiger partial charge in [0.25, 0.3) is 0 Å². The molecule has 1 N–H and O–H groups in total. The number of phenols is 1. The number of thioether (sulfide) groups is 1. The van der Waals surface area contributed by atoms with Gasteiger partial charge in [-0.3, -0.25) is 4.79 Å². The van der Waals surface area contributed by atoms with E-state index in [-0.39, 0.29) is 16.8 Å². The van der Waals surface area contributed by atoms with Crippen LogP contribution in [0.3, 0.4) is 0 Å². The van der Waals surface area contributed by atoms with E-state index in [0.29, 0.717) is 31.1 Å². The van der Waals surface area contributed by atoms with Crippen LogP contribution < -0.4 is 0 Å². The summed E-state index contributed by atoms with van der Waals surface area (Å²) in [6.07, 6.45) is 0.997. The van der Waals surface area contributed by atoms with E-state index in [4.69, 9.17) is 4.74 Å². The Hall–Kier alpha value is -1.16. The summed E-state index contributed by atoms with van der Waals surface area (Å²) < 4.78 is 5.36. The fraction of sp³-hybridized carbons (Fsp3) is 0.696. The molecule has 4 heteroatoms. The average Bonchev–Trinajstić information content (AvgIpc) is 2.50. The standard InChI is InChI=1S/C23H38O3S/c1-16(2)15-27-12-11-26-20(24)10-9-17-13-18(22(3,4)5)21(25)19(14-17)23(6,7)8/h13-14,16,25H,9-12,15H2,1-8H3. The fourth-order valence-corrected chi connectivity index (χ4v) is 3.67. The molecule has 1 rings (SSSR count). The predicted molar refractivity (Wildman–Crippen MR) is 117 cm³/mol. The SMILES string of the molecule is CC(C)CSCCOC(=O)CCc1cc(C(C)(C)C)c(O)c(C(C)(C)C)c1. The van der Waals surface area contributed by atoms with E-state index in [0.717, 1.165) is 28.2 Å². The van der Waals surface area contributed by atoms with E-state index in [2.05, 4.69) is 55.4 Å². The third-order valence-corrected chi connectivity index (χ3v) is 5.70. The van der Waals surface area contributed by atoms with Crippen molar-refractivity contribution < 1.29 is 14.6 Å². The van der Waals surface area contributed by atoms with Gasteiger partial charge in [0, 0.05) is 12.2 Å². The van der Waals surface area contributed by atoms with Crippen LogP contribution in [-0.2, 0) is 26.8 Å². The van der Waals surface area contributed by atoms with Gasteiger partial charge in [0.1, 0.15) is 12.4 Å². The molecule has 0 aliphatic heterocycles. The lowest BCUT2D eigenvalue weighted by Gasteiger charge is -2.28. The van der Waals surface area contributed by atoms with Crippen LogP contribution in [-0.4, -0.2) is 29.2 Å². The zero-order valence-electron chi connectivity index (χ0n) is 18.4. The molecule has 0 aliphatic carbocycles. The molecule has 3 nitrogen and oxygen atoms in total. The second kappa shape index (κ2) is 9.86. The minimum Gasteiger partial charge on any atom is -0.507 e. The molecule has 0 bridgehead atoms. The Morgan fingerprint density at radius 3 is 2.04 bits per heavy atom.